The van der Waals surface area contributed by atoms with Crippen LogP contribution in [0, 0.1) is 0 Å². The molecule has 0 unspecified atom stereocenters. The molecule has 4 nitrogen and oxygen atoms in total. The first kappa shape index (κ1) is 16.3. The van der Waals surface area contributed by atoms with Gasteiger partial charge in [0, 0.05) is 24.2 Å². The van der Waals surface area contributed by atoms with Gasteiger partial charge in [0.1, 0.15) is 5.82 Å². The Hall–Kier alpha value is -1.79. The number of carbonyl (C=O) groups is 1. The highest BCUT2D eigenvalue weighted by atomic mass is 19.4. The normalized spacial score (nSPS) is 11.4. The molecule has 3 N–H and O–H groups in total. The molecule has 1 amide bonds. The quantitative estimate of drug-likeness (QED) is 0.791. The van der Waals surface area contributed by atoms with Gasteiger partial charge in [-0.1, -0.05) is 6.92 Å². The number of unbranched alkanes of at least 4 members (excludes halogenated alkanes) is 1. The summed E-state index contributed by atoms with van der Waals surface area (Å²) in [6.07, 6.45) is -4.03. The van der Waals surface area contributed by atoms with Gasteiger partial charge in [-0.3, -0.25) is 4.79 Å². The van der Waals surface area contributed by atoms with Crippen molar-refractivity contribution in [2.24, 2.45) is 0 Å². The van der Waals surface area contributed by atoms with Gasteiger partial charge in [-0.05, 0) is 31.4 Å². The highest BCUT2D eigenvalue weighted by molar-refractivity contribution is 5.94. The van der Waals surface area contributed by atoms with Crippen LogP contribution in [-0.2, 0) is 6.42 Å². The second kappa shape index (κ2) is 7.12. The van der Waals surface area contributed by atoms with Crippen molar-refractivity contribution in [3.63, 3.8) is 0 Å². The van der Waals surface area contributed by atoms with E-state index in [-0.39, 0.29) is 31.1 Å². The Kier molecular flexibility index (Phi) is 5.79. The van der Waals surface area contributed by atoms with E-state index in [0.29, 0.717) is 17.7 Å². The molecule has 0 aromatic carbocycles. The summed E-state index contributed by atoms with van der Waals surface area (Å²) in [6, 6.07) is 3.08. The number of amides is 1. The highest BCUT2D eigenvalue weighted by Gasteiger charge is 2.25. The lowest BCUT2D eigenvalue weighted by Gasteiger charge is -2.08. The number of pyridine rings is 1. The van der Waals surface area contributed by atoms with Gasteiger partial charge in [-0.2, -0.15) is 13.2 Å². The molecular weight excluding hydrogens is 271 g/mol. The van der Waals surface area contributed by atoms with Crippen molar-refractivity contribution in [2.45, 2.75) is 38.8 Å². The van der Waals surface area contributed by atoms with Gasteiger partial charge in [-0.25, -0.2) is 4.98 Å². The van der Waals surface area contributed by atoms with E-state index in [2.05, 4.69) is 10.3 Å². The van der Waals surface area contributed by atoms with Crippen molar-refractivity contribution >= 4 is 11.7 Å². The topological polar surface area (TPSA) is 68.0 Å². The van der Waals surface area contributed by atoms with E-state index < -0.39 is 12.6 Å². The van der Waals surface area contributed by atoms with Gasteiger partial charge in [0.2, 0.25) is 0 Å². The van der Waals surface area contributed by atoms with E-state index in [1.165, 1.54) is 6.07 Å². The molecule has 0 radical (unpaired) electrons. The molecule has 1 aromatic heterocycles. The van der Waals surface area contributed by atoms with Gasteiger partial charge in [0.05, 0.1) is 0 Å². The van der Waals surface area contributed by atoms with Crippen LogP contribution in [0.5, 0.6) is 0 Å². The summed E-state index contributed by atoms with van der Waals surface area (Å²) < 4.78 is 35.8. The minimum atomic E-state index is -4.14. The lowest BCUT2D eigenvalue weighted by Crippen LogP contribution is -2.25. The summed E-state index contributed by atoms with van der Waals surface area (Å²) >= 11 is 0. The van der Waals surface area contributed by atoms with Crippen LogP contribution in [0.25, 0.3) is 0 Å². The molecule has 7 heteroatoms. The number of hydrogen-bond acceptors (Lipinski definition) is 3. The predicted molar refractivity (Wildman–Crippen MR) is 70.3 cm³/mol. The number of hydrogen-bond donors (Lipinski definition) is 2. The fraction of sp³-hybridized carbons (Fsp3) is 0.538. The van der Waals surface area contributed by atoms with E-state index in [1.807, 2.05) is 6.92 Å². The molecular formula is C13H18F3N3O. The van der Waals surface area contributed by atoms with Crippen LogP contribution in [-0.4, -0.2) is 23.6 Å². The smallest absolute Gasteiger partial charge is 0.384 e. The molecule has 0 aliphatic heterocycles. The minimum absolute atomic E-state index is 0.00245. The van der Waals surface area contributed by atoms with Crippen LogP contribution in [0.1, 0.15) is 42.2 Å². The molecule has 0 aliphatic rings. The number of halogens is 3. The van der Waals surface area contributed by atoms with Crippen molar-refractivity contribution in [1.29, 1.82) is 0 Å². The van der Waals surface area contributed by atoms with E-state index in [9.17, 15) is 18.0 Å². The molecule has 0 fully saturated rings. The molecule has 0 aliphatic carbocycles. The number of anilines is 1. The zero-order valence-electron chi connectivity index (χ0n) is 11.3. The van der Waals surface area contributed by atoms with Crippen LogP contribution in [0.15, 0.2) is 12.1 Å². The summed E-state index contributed by atoms with van der Waals surface area (Å²) in [5.74, 6) is -0.0904. The van der Waals surface area contributed by atoms with Gasteiger partial charge in [-0.15, -0.1) is 0 Å². The molecule has 0 spiro atoms. The Balaban J connectivity index is 2.41. The van der Waals surface area contributed by atoms with Gasteiger partial charge >= 0.3 is 6.18 Å². The van der Waals surface area contributed by atoms with Crippen molar-refractivity contribution in [3.05, 3.63) is 23.4 Å². The van der Waals surface area contributed by atoms with Gasteiger partial charge < -0.3 is 11.1 Å². The highest BCUT2D eigenvalue weighted by Crippen LogP contribution is 2.21. The third kappa shape index (κ3) is 5.90. The number of nitrogen functional groups attached to an aromatic ring is 1. The van der Waals surface area contributed by atoms with E-state index >= 15 is 0 Å². The Bertz CT molecular complexity index is 461. The number of aromatic nitrogens is 1. The Morgan fingerprint density at radius 2 is 2.05 bits per heavy atom. The fourth-order valence-electron chi connectivity index (χ4n) is 1.68. The summed E-state index contributed by atoms with van der Waals surface area (Å²) in [4.78, 5) is 15.9. The summed E-state index contributed by atoms with van der Waals surface area (Å²) in [5.41, 5.74) is 6.66. The Labute approximate surface area is 115 Å². The average Bonchev–Trinajstić information content (AvgIpc) is 2.36. The first-order valence-corrected chi connectivity index (χ1v) is 6.43. The lowest BCUT2D eigenvalue weighted by atomic mass is 10.1. The molecule has 0 atom stereocenters. The van der Waals surface area contributed by atoms with E-state index in [1.54, 1.807) is 6.07 Å². The molecule has 0 saturated carbocycles. The van der Waals surface area contributed by atoms with Crippen LogP contribution < -0.4 is 11.1 Å². The minimum Gasteiger partial charge on any atom is -0.384 e. The maximum Gasteiger partial charge on any atom is 0.389 e. The number of rotatable bonds is 6. The molecule has 1 rings (SSSR count). The Morgan fingerprint density at radius 3 is 2.65 bits per heavy atom. The summed E-state index contributed by atoms with van der Waals surface area (Å²) in [5, 5.41) is 2.57. The van der Waals surface area contributed by atoms with Crippen LogP contribution in [0.3, 0.4) is 0 Å². The molecule has 20 heavy (non-hydrogen) atoms. The number of nitrogens with one attached hydrogen (secondary N) is 1. The fourth-order valence-corrected chi connectivity index (χ4v) is 1.68. The van der Waals surface area contributed by atoms with Crippen molar-refractivity contribution in [1.82, 2.24) is 10.3 Å². The van der Waals surface area contributed by atoms with E-state index in [0.717, 1.165) is 0 Å². The second-order valence-corrected chi connectivity index (χ2v) is 4.45. The molecule has 112 valence electrons. The first-order valence-electron chi connectivity index (χ1n) is 6.43. The average molecular weight is 289 g/mol. The number of carbonyl (C=O) groups excluding carboxylic acids is 1. The largest absolute Gasteiger partial charge is 0.389 e. The van der Waals surface area contributed by atoms with Gasteiger partial charge in [0.15, 0.2) is 0 Å². The maximum absolute atomic E-state index is 11.9. The van der Waals surface area contributed by atoms with Crippen molar-refractivity contribution < 1.29 is 18.0 Å². The lowest BCUT2D eigenvalue weighted by molar-refractivity contribution is -0.135. The number of alkyl halides is 3. The molecule has 1 heterocycles. The predicted octanol–water partition coefficient (Wildman–Crippen LogP) is 2.69. The standard InChI is InChI=1S/C13H18F3N3O/c1-2-10-7-9(8-11(17)19-10)12(20)18-6-4-3-5-13(14,15)16/h7-8H,2-6H2,1H3,(H2,17,19)(H,18,20). The molecule has 1 aromatic rings. The zero-order chi connectivity index (χ0) is 15.2. The van der Waals surface area contributed by atoms with Crippen molar-refractivity contribution in [3.8, 4) is 0 Å². The van der Waals surface area contributed by atoms with Crippen molar-refractivity contribution in [2.75, 3.05) is 12.3 Å². The molecule has 0 bridgehead atoms. The van der Waals surface area contributed by atoms with Crippen LogP contribution >= 0.6 is 0 Å². The van der Waals surface area contributed by atoms with Gasteiger partial charge in [0.25, 0.3) is 5.91 Å². The maximum atomic E-state index is 11.9. The Morgan fingerprint density at radius 1 is 1.35 bits per heavy atom. The number of aryl methyl sites for hydroxylation is 1. The second-order valence-electron chi connectivity index (χ2n) is 4.45. The first-order chi connectivity index (χ1) is 9.31. The van der Waals surface area contributed by atoms with Crippen LogP contribution in [0.4, 0.5) is 19.0 Å². The summed E-state index contributed by atoms with van der Waals surface area (Å²) in [7, 11) is 0. The molecule has 0 saturated heterocycles. The monoisotopic (exact) mass is 289 g/mol. The summed E-state index contributed by atoms with van der Waals surface area (Å²) in [6.45, 7) is 2.10. The number of nitrogens with two attached hydrogens (primary N) is 1. The van der Waals surface area contributed by atoms with E-state index in [4.69, 9.17) is 5.73 Å². The third-order valence-electron chi connectivity index (χ3n) is 2.70. The number of nitrogens with zero attached hydrogens (tertiary/aromatic N) is 1. The SMILES string of the molecule is CCc1cc(C(=O)NCCCCC(F)(F)F)cc(N)n1. The third-order valence-corrected chi connectivity index (χ3v) is 2.70. The van der Waals surface area contributed by atoms with Crippen LogP contribution in [0.2, 0.25) is 0 Å². The zero-order valence-corrected chi connectivity index (χ0v) is 11.3.